The monoisotopic (exact) mass is 309 g/mol. The second-order valence-corrected chi connectivity index (χ2v) is 4.09. The number of carboxylic acid groups (broad SMARTS) is 1. The zero-order valence-corrected chi connectivity index (χ0v) is 10.2. The lowest BCUT2D eigenvalue weighted by Gasteiger charge is -2.16. The molecule has 0 heterocycles. The number of alkyl halides is 2. The van der Waals surface area contributed by atoms with Gasteiger partial charge in [-0.1, -0.05) is 22.0 Å². The lowest BCUT2D eigenvalue weighted by molar-refractivity contribution is -0.137. The molecule has 17 heavy (non-hydrogen) atoms. The molecule has 1 atom stereocenters. The number of carbonyl (C=O) groups is 1. The van der Waals surface area contributed by atoms with Gasteiger partial charge in [0.2, 0.25) is 0 Å². The van der Waals surface area contributed by atoms with Crippen LogP contribution in [-0.4, -0.2) is 17.7 Å². The minimum Gasteiger partial charge on any atom is -0.481 e. The quantitative estimate of drug-likeness (QED) is 0.876. The van der Waals surface area contributed by atoms with Gasteiger partial charge in [-0.25, -0.2) is 0 Å². The van der Waals surface area contributed by atoms with Crippen LogP contribution in [0.25, 0.3) is 0 Å². The largest absolute Gasteiger partial charge is 0.481 e. The van der Waals surface area contributed by atoms with E-state index in [-0.39, 0.29) is 17.7 Å². The van der Waals surface area contributed by atoms with Crippen LogP contribution in [0.1, 0.15) is 18.0 Å². The molecule has 3 N–H and O–H groups in total. The van der Waals surface area contributed by atoms with Crippen LogP contribution in [-0.2, 0) is 4.79 Å². The Morgan fingerprint density at radius 1 is 1.53 bits per heavy atom. The van der Waals surface area contributed by atoms with Gasteiger partial charge in [0.1, 0.15) is 5.75 Å². The van der Waals surface area contributed by atoms with Gasteiger partial charge in [0, 0.05) is 16.1 Å². The van der Waals surface area contributed by atoms with Crippen molar-refractivity contribution in [2.75, 3.05) is 0 Å². The molecule has 0 spiro atoms. The molecule has 0 aliphatic carbocycles. The summed E-state index contributed by atoms with van der Waals surface area (Å²) >= 11 is 3.13. The molecule has 0 amide bonds. The average molecular weight is 310 g/mol. The standard InChI is InChI=1S/C10H10BrF2NO3/c11-5-2-1-3-7(17-10(12)13)9(5)6(14)4-8(15)16/h1-3,6,10H,4,14H2,(H,15,16). The zero-order chi connectivity index (χ0) is 13.0. The molecule has 0 aromatic heterocycles. The van der Waals surface area contributed by atoms with Crippen molar-refractivity contribution < 1.29 is 23.4 Å². The number of hydrogen-bond donors (Lipinski definition) is 2. The van der Waals surface area contributed by atoms with Gasteiger partial charge >= 0.3 is 12.6 Å². The maximum absolute atomic E-state index is 12.2. The van der Waals surface area contributed by atoms with E-state index >= 15 is 0 Å². The van der Waals surface area contributed by atoms with Crippen LogP contribution in [0.2, 0.25) is 0 Å². The molecule has 0 fully saturated rings. The van der Waals surface area contributed by atoms with E-state index in [0.29, 0.717) is 4.47 Å². The Morgan fingerprint density at radius 2 is 2.18 bits per heavy atom. The molecule has 94 valence electrons. The number of halogens is 3. The SMILES string of the molecule is NC(CC(=O)O)c1c(Br)cccc1OC(F)F. The van der Waals surface area contributed by atoms with Crippen molar-refractivity contribution in [3.05, 3.63) is 28.2 Å². The lowest BCUT2D eigenvalue weighted by atomic mass is 10.0. The van der Waals surface area contributed by atoms with Gasteiger partial charge in [-0.05, 0) is 12.1 Å². The Bertz CT molecular complexity index is 415. The fourth-order valence-corrected chi connectivity index (χ4v) is 2.01. The molecule has 0 aliphatic heterocycles. The summed E-state index contributed by atoms with van der Waals surface area (Å²) in [5.41, 5.74) is 5.86. The normalized spacial score (nSPS) is 12.5. The van der Waals surface area contributed by atoms with E-state index in [1.165, 1.54) is 12.1 Å². The highest BCUT2D eigenvalue weighted by Crippen LogP contribution is 2.33. The zero-order valence-electron chi connectivity index (χ0n) is 8.57. The summed E-state index contributed by atoms with van der Waals surface area (Å²) in [7, 11) is 0. The van der Waals surface area contributed by atoms with Crippen molar-refractivity contribution in [2.45, 2.75) is 19.1 Å². The van der Waals surface area contributed by atoms with Crippen molar-refractivity contribution in [2.24, 2.45) is 5.73 Å². The smallest absolute Gasteiger partial charge is 0.387 e. The molecular weight excluding hydrogens is 300 g/mol. The first-order valence-electron chi connectivity index (χ1n) is 4.62. The van der Waals surface area contributed by atoms with Gasteiger partial charge in [0.15, 0.2) is 0 Å². The van der Waals surface area contributed by atoms with Crippen molar-refractivity contribution in [1.29, 1.82) is 0 Å². The number of carboxylic acids is 1. The van der Waals surface area contributed by atoms with E-state index in [2.05, 4.69) is 20.7 Å². The highest BCUT2D eigenvalue weighted by Gasteiger charge is 2.20. The molecule has 0 saturated heterocycles. The first kappa shape index (κ1) is 13.9. The summed E-state index contributed by atoms with van der Waals surface area (Å²) in [6.07, 6.45) is -0.373. The Balaban J connectivity index is 3.06. The minimum atomic E-state index is -2.99. The van der Waals surface area contributed by atoms with Crippen molar-refractivity contribution in [1.82, 2.24) is 0 Å². The molecule has 0 aliphatic rings. The second-order valence-electron chi connectivity index (χ2n) is 3.23. The Morgan fingerprint density at radius 3 is 2.71 bits per heavy atom. The van der Waals surface area contributed by atoms with Crippen molar-refractivity contribution in [3.63, 3.8) is 0 Å². The number of nitrogens with two attached hydrogens (primary N) is 1. The van der Waals surface area contributed by atoms with Gasteiger partial charge < -0.3 is 15.6 Å². The third kappa shape index (κ3) is 3.94. The molecule has 1 unspecified atom stereocenters. The average Bonchev–Trinajstić information content (AvgIpc) is 2.14. The number of ether oxygens (including phenoxy) is 1. The molecular formula is C10H10BrF2NO3. The maximum Gasteiger partial charge on any atom is 0.387 e. The predicted molar refractivity (Wildman–Crippen MR) is 60.0 cm³/mol. The Labute approximate surface area is 104 Å². The van der Waals surface area contributed by atoms with E-state index < -0.39 is 18.6 Å². The van der Waals surface area contributed by atoms with Crippen molar-refractivity contribution >= 4 is 21.9 Å². The van der Waals surface area contributed by atoms with Crippen LogP contribution in [0, 0.1) is 0 Å². The summed E-state index contributed by atoms with van der Waals surface area (Å²) in [6, 6.07) is 3.47. The summed E-state index contributed by atoms with van der Waals surface area (Å²) < 4.78 is 29.1. The van der Waals surface area contributed by atoms with Gasteiger partial charge in [-0.2, -0.15) is 8.78 Å². The Hall–Kier alpha value is -1.21. The number of rotatable bonds is 5. The summed E-state index contributed by atoms with van der Waals surface area (Å²) in [4.78, 5) is 10.5. The molecule has 1 aromatic rings. The van der Waals surface area contributed by atoms with Gasteiger partial charge in [0.25, 0.3) is 0 Å². The van der Waals surface area contributed by atoms with Gasteiger partial charge in [-0.3, -0.25) is 4.79 Å². The lowest BCUT2D eigenvalue weighted by Crippen LogP contribution is -2.17. The second kappa shape index (κ2) is 5.92. The van der Waals surface area contributed by atoms with Gasteiger partial charge in [-0.15, -0.1) is 0 Å². The molecule has 0 bridgehead atoms. The molecule has 1 aromatic carbocycles. The van der Waals surface area contributed by atoms with Crippen molar-refractivity contribution in [3.8, 4) is 5.75 Å². The molecule has 1 rings (SSSR count). The van der Waals surface area contributed by atoms with Crippen LogP contribution in [0.4, 0.5) is 8.78 Å². The van der Waals surface area contributed by atoms with Crippen LogP contribution < -0.4 is 10.5 Å². The summed E-state index contributed by atoms with van der Waals surface area (Å²) in [5, 5.41) is 8.62. The highest BCUT2D eigenvalue weighted by molar-refractivity contribution is 9.10. The third-order valence-electron chi connectivity index (χ3n) is 1.99. The number of benzene rings is 1. The van der Waals surface area contributed by atoms with Gasteiger partial charge in [0.05, 0.1) is 6.42 Å². The van der Waals surface area contributed by atoms with E-state index in [4.69, 9.17) is 10.8 Å². The molecule has 0 radical (unpaired) electrons. The fraction of sp³-hybridized carbons (Fsp3) is 0.300. The topological polar surface area (TPSA) is 72.6 Å². The Kier molecular flexibility index (Phi) is 4.83. The maximum atomic E-state index is 12.2. The molecule has 4 nitrogen and oxygen atoms in total. The van der Waals surface area contributed by atoms with E-state index in [0.717, 1.165) is 0 Å². The molecule has 0 saturated carbocycles. The number of aliphatic carboxylic acids is 1. The third-order valence-corrected chi connectivity index (χ3v) is 2.69. The summed E-state index contributed by atoms with van der Waals surface area (Å²) in [6.45, 7) is -2.99. The van der Waals surface area contributed by atoms with E-state index in [1.807, 2.05) is 0 Å². The molecule has 7 heteroatoms. The van der Waals surface area contributed by atoms with E-state index in [9.17, 15) is 13.6 Å². The fourth-order valence-electron chi connectivity index (χ4n) is 1.37. The minimum absolute atomic E-state index is 0.122. The summed E-state index contributed by atoms with van der Waals surface area (Å²) in [5.74, 6) is -1.24. The first-order chi connectivity index (χ1) is 7.91. The first-order valence-corrected chi connectivity index (χ1v) is 5.41. The van der Waals surface area contributed by atoms with Crippen LogP contribution in [0.15, 0.2) is 22.7 Å². The van der Waals surface area contributed by atoms with Crippen LogP contribution >= 0.6 is 15.9 Å². The highest BCUT2D eigenvalue weighted by atomic mass is 79.9. The van der Waals surface area contributed by atoms with Crippen LogP contribution in [0.3, 0.4) is 0 Å². The number of hydrogen-bond acceptors (Lipinski definition) is 3. The van der Waals surface area contributed by atoms with Crippen LogP contribution in [0.5, 0.6) is 5.75 Å². The predicted octanol–water partition coefficient (Wildman–Crippen LogP) is 2.53. The van der Waals surface area contributed by atoms with E-state index in [1.54, 1.807) is 6.07 Å².